The van der Waals surface area contributed by atoms with Crippen molar-refractivity contribution in [3.63, 3.8) is 0 Å². The molecule has 6 heteroatoms. The van der Waals surface area contributed by atoms with Crippen molar-refractivity contribution in [1.29, 1.82) is 10.5 Å². The normalized spacial score (nSPS) is 10.3. The van der Waals surface area contributed by atoms with Crippen molar-refractivity contribution in [3.8, 4) is 12.1 Å². The molecule has 0 N–H and O–H groups in total. The lowest BCUT2D eigenvalue weighted by molar-refractivity contribution is -0.143. The zero-order chi connectivity index (χ0) is 13.5. The van der Waals surface area contributed by atoms with Gasteiger partial charge in [-0.3, -0.25) is 0 Å². The maximum Gasteiger partial charge on any atom is 0.177 e. The minimum absolute atomic E-state index is 0.141. The van der Waals surface area contributed by atoms with Crippen LogP contribution in [0.5, 0.6) is 0 Å². The Morgan fingerprint density at radius 1 is 1.22 bits per heavy atom. The molecule has 1 aromatic rings. The monoisotopic (exact) mass is 248 g/mol. The van der Waals surface area contributed by atoms with E-state index in [1.165, 1.54) is 0 Å². The molecule has 0 aliphatic carbocycles. The molecule has 96 valence electrons. The highest BCUT2D eigenvalue weighted by Gasteiger charge is 2.18. The molecule has 18 heavy (non-hydrogen) atoms. The van der Waals surface area contributed by atoms with Crippen LogP contribution in [0.1, 0.15) is 31.1 Å². The number of rotatable bonds is 6. The van der Waals surface area contributed by atoms with Crippen LogP contribution < -0.4 is 0 Å². The number of ether oxygens (including phenoxy) is 2. The predicted octanol–water partition coefficient (Wildman–Crippen LogP) is 1.33. The molecular weight excluding hydrogens is 232 g/mol. The number of aryl methyl sites for hydroxylation is 1. The molecule has 1 heterocycles. The second-order valence-corrected chi connectivity index (χ2v) is 3.53. The minimum Gasteiger partial charge on any atom is -0.351 e. The lowest BCUT2D eigenvalue weighted by Gasteiger charge is -2.18. The maximum atomic E-state index is 9.07. The van der Waals surface area contributed by atoms with Crippen molar-refractivity contribution < 1.29 is 9.47 Å². The summed E-state index contributed by atoms with van der Waals surface area (Å²) >= 11 is 0. The van der Waals surface area contributed by atoms with Gasteiger partial charge in [-0.05, 0) is 20.8 Å². The minimum atomic E-state index is -0.438. The van der Waals surface area contributed by atoms with Gasteiger partial charge < -0.3 is 14.0 Å². The number of hydrogen-bond acceptors (Lipinski definition) is 5. The fraction of sp³-hybridized carbons (Fsp3) is 0.583. The highest BCUT2D eigenvalue weighted by Crippen LogP contribution is 2.12. The van der Waals surface area contributed by atoms with Crippen LogP contribution in [0.3, 0.4) is 0 Å². The Morgan fingerprint density at radius 3 is 2.28 bits per heavy atom. The van der Waals surface area contributed by atoms with E-state index in [4.69, 9.17) is 20.0 Å². The summed E-state index contributed by atoms with van der Waals surface area (Å²) in [5.41, 5.74) is 0.390. The number of nitriles is 2. The molecule has 0 aliphatic heterocycles. The van der Waals surface area contributed by atoms with Crippen molar-refractivity contribution in [3.05, 3.63) is 17.2 Å². The lowest BCUT2D eigenvalue weighted by atomic mass is 10.3. The molecule has 0 spiro atoms. The third-order valence-electron chi connectivity index (χ3n) is 2.41. The molecular formula is C12H16N4O2. The van der Waals surface area contributed by atoms with Gasteiger partial charge >= 0.3 is 0 Å². The first-order valence-corrected chi connectivity index (χ1v) is 5.78. The van der Waals surface area contributed by atoms with Crippen molar-refractivity contribution in [2.45, 2.75) is 33.6 Å². The van der Waals surface area contributed by atoms with Crippen molar-refractivity contribution >= 4 is 0 Å². The predicted molar refractivity (Wildman–Crippen MR) is 63.4 cm³/mol. The van der Waals surface area contributed by atoms with Crippen molar-refractivity contribution in [1.82, 2.24) is 9.55 Å². The highest BCUT2D eigenvalue weighted by molar-refractivity contribution is 5.37. The number of nitrogens with zero attached hydrogens (tertiary/aromatic N) is 4. The van der Waals surface area contributed by atoms with Gasteiger partial charge in [-0.25, -0.2) is 4.98 Å². The standard InChI is InChI=1S/C12H16N4O2/c1-4-17-12(18-5-2)8-16-9(3)15-10(6-13)11(16)7-14/h12H,4-5,8H2,1-3H3. The summed E-state index contributed by atoms with van der Waals surface area (Å²) in [6.45, 7) is 6.88. The molecule has 0 fully saturated rings. The van der Waals surface area contributed by atoms with E-state index in [9.17, 15) is 0 Å². The largest absolute Gasteiger partial charge is 0.351 e. The van der Waals surface area contributed by atoms with Crippen LogP contribution >= 0.6 is 0 Å². The molecule has 6 nitrogen and oxygen atoms in total. The first-order chi connectivity index (χ1) is 8.67. The number of aromatic nitrogens is 2. The van der Waals surface area contributed by atoms with E-state index in [0.29, 0.717) is 25.6 Å². The summed E-state index contributed by atoms with van der Waals surface area (Å²) in [5, 5.41) is 18.0. The van der Waals surface area contributed by atoms with Gasteiger partial charge in [0, 0.05) is 13.2 Å². The Bertz CT molecular complexity index is 475. The van der Waals surface area contributed by atoms with Gasteiger partial charge in [-0.2, -0.15) is 10.5 Å². The zero-order valence-corrected chi connectivity index (χ0v) is 10.8. The van der Waals surface area contributed by atoms with Gasteiger partial charge in [-0.1, -0.05) is 0 Å². The average molecular weight is 248 g/mol. The maximum absolute atomic E-state index is 9.07. The molecule has 1 rings (SSSR count). The van der Waals surface area contributed by atoms with E-state index in [-0.39, 0.29) is 11.4 Å². The summed E-state index contributed by atoms with van der Waals surface area (Å²) in [7, 11) is 0. The van der Waals surface area contributed by atoms with Gasteiger partial charge in [-0.15, -0.1) is 0 Å². The Labute approximate surface area is 106 Å². The Morgan fingerprint density at radius 2 is 1.83 bits per heavy atom. The van der Waals surface area contributed by atoms with Crippen LogP contribution in [-0.2, 0) is 16.0 Å². The zero-order valence-electron chi connectivity index (χ0n) is 10.8. The molecule has 0 atom stereocenters. The SMILES string of the molecule is CCOC(Cn1c(C)nc(C#N)c1C#N)OCC. The fourth-order valence-electron chi connectivity index (χ4n) is 1.65. The summed E-state index contributed by atoms with van der Waals surface area (Å²) < 4.78 is 12.5. The van der Waals surface area contributed by atoms with E-state index >= 15 is 0 Å². The van der Waals surface area contributed by atoms with Crippen molar-refractivity contribution in [2.75, 3.05) is 13.2 Å². The van der Waals surface area contributed by atoms with E-state index in [0.717, 1.165) is 0 Å². The quantitative estimate of drug-likeness (QED) is 0.709. The third-order valence-corrected chi connectivity index (χ3v) is 2.41. The van der Waals surface area contributed by atoms with E-state index in [1.54, 1.807) is 11.5 Å². The van der Waals surface area contributed by atoms with Crippen LogP contribution in [-0.4, -0.2) is 29.1 Å². The van der Waals surface area contributed by atoms with Crippen LogP contribution in [0.15, 0.2) is 0 Å². The molecule has 0 unspecified atom stereocenters. The van der Waals surface area contributed by atoms with Gasteiger partial charge in [0.15, 0.2) is 17.7 Å². The van der Waals surface area contributed by atoms with Crippen molar-refractivity contribution in [2.24, 2.45) is 0 Å². The smallest absolute Gasteiger partial charge is 0.177 e. The molecule has 0 bridgehead atoms. The Balaban J connectivity index is 2.99. The summed E-state index contributed by atoms with van der Waals surface area (Å²) in [6, 6.07) is 3.90. The van der Waals surface area contributed by atoms with Crippen LogP contribution in [0, 0.1) is 29.6 Å². The summed E-state index contributed by atoms with van der Waals surface area (Å²) in [6.07, 6.45) is -0.438. The first-order valence-electron chi connectivity index (χ1n) is 5.78. The van der Waals surface area contributed by atoms with Crippen LogP contribution in [0.4, 0.5) is 0 Å². The van der Waals surface area contributed by atoms with Gasteiger partial charge in [0.05, 0.1) is 6.54 Å². The lowest BCUT2D eigenvalue weighted by Crippen LogP contribution is -2.25. The van der Waals surface area contributed by atoms with Gasteiger partial charge in [0.25, 0.3) is 0 Å². The average Bonchev–Trinajstić information content (AvgIpc) is 2.66. The summed E-state index contributed by atoms with van der Waals surface area (Å²) in [5.74, 6) is 0.604. The van der Waals surface area contributed by atoms with E-state index in [2.05, 4.69) is 4.98 Å². The molecule has 0 saturated heterocycles. The van der Waals surface area contributed by atoms with Gasteiger partial charge in [0.2, 0.25) is 0 Å². The molecule has 0 radical (unpaired) electrons. The van der Waals surface area contributed by atoms with Crippen LogP contribution in [0.2, 0.25) is 0 Å². The van der Waals surface area contributed by atoms with Gasteiger partial charge in [0.1, 0.15) is 18.0 Å². The Hall–Kier alpha value is -1.89. The number of hydrogen-bond donors (Lipinski definition) is 0. The second-order valence-electron chi connectivity index (χ2n) is 3.53. The fourth-order valence-corrected chi connectivity index (χ4v) is 1.65. The molecule has 0 aromatic carbocycles. The van der Waals surface area contributed by atoms with E-state index in [1.807, 2.05) is 26.0 Å². The molecule has 0 amide bonds. The third kappa shape index (κ3) is 3.07. The molecule has 0 saturated carbocycles. The Kier molecular flexibility index (Phi) is 5.31. The topological polar surface area (TPSA) is 83.9 Å². The van der Waals surface area contributed by atoms with Crippen LogP contribution in [0.25, 0.3) is 0 Å². The molecule has 1 aromatic heterocycles. The summed E-state index contributed by atoms with van der Waals surface area (Å²) in [4.78, 5) is 4.04. The first kappa shape index (κ1) is 14.2. The van der Waals surface area contributed by atoms with E-state index < -0.39 is 6.29 Å². The molecule has 0 aliphatic rings. The number of imidazole rings is 1. The highest BCUT2D eigenvalue weighted by atomic mass is 16.7. The second kappa shape index (κ2) is 6.75.